The Morgan fingerprint density at radius 2 is 1.91 bits per heavy atom. The van der Waals surface area contributed by atoms with Gasteiger partial charge in [-0.3, -0.25) is 14.7 Å². The number of rotatable bonds is 5. The van der Waals surface area contributed by atoms with Gasteiger partial charge < -0.3 is 20.1 Å². The van der Waals surface area contributed by atoms with Gasteiger partial charge in [-0.1, -0.05) is 6.07 Å². The predicted molar refractivity (Wildman–Crippen MR) is 157 cm³/mol. The van der Waals surface area contributed by atoms with E-state index in [4.69, 9.17) is 9.72 Å². The topological polar surface area (TPSA) is 104 Å². The zero-order valence-electron chi connectivity index (χ0n) is 24.3. The molecule has 0 bridgehead atoms. The molecule has 45 heavy (non-hydrogen) atoms. The number of halogens is 4. The molecule has 0 aliphatic carbocycles. The number of aromatic hydroxyl groups is 1. The number of β-lactam (4-membered cyclic amide) rings is 1. The van der Waals surface area contributed by atoms with Crippen LogP contribution in [0.25, 0.3) is 32.9 Å². The number of anilines is 1. The van der Waals surface area contributed by atoms with E-state index in [2.05, 4.69) is 20.2 Å². The number of hydrogen-bond acceptors (Lipinski definition) is 8. The first-order chi connectivity index (χ1) is 21.6. The van der Waals surface area contributed by atoms with Gasteiger partial charge >= 0.3 is 6.01 Å². The van der Waals surface area contributed by atoms with Gasteiger partial charge in [0.1, 0.15) is 35.6 Å². The molecule has 2 unspecified atom stereocenters. The van der Waals surface area contributed by atoms with Crippen LogP contribution in [0.2, 0.25) is 0 Å². The molecule has 8 rings (SSSR count). The molecule has 6 heterocycles. The van der Waals surface area contributed by atoms with Crippen LogP contribution in [0.3, 0.4) is 0 Å². The molecule has 2 aromatic carbocycles. The van der Waals surface area contributed by atoms with E-state index in [0.717, 1.165) is 44.4 Å². The van der Waals surface area contributed by atoms with Crippen LogP contribution >= 0.6 is 0 Å². The molecule has 4 aliphatic heterocycles. The van der Waals surface area contributed by atoms with Crippen LogP contribution < -0.4 is 15.0 Å². The first-order valence-electron chi connectivity index (χ1n) is 15.2. The van der Waals surface area contributed by atoms with Gasteiger partial charge in [0.2, 0.25) is 5.91 Å². The Morgan fingerprint density at radius 3 is 2.73 bits per heavy atom. The van der Waals surface area contributed by atoms with Gasteiger partial charge in [0.15, 0.2) is 17.5 Å². The van der Waals surface area contributed by atoms with E-state index in [9.17, 15) is 18.7 Å². The number of aromatic nitrogens is 3. The maximum atomic E-state index is 16.6. The normalized spacial score (nSPS) is 26.4. The third-order valence-electron chi connectivity index (χ3n) is 9.90. The molecule has 4 saturated heterocycles. The van der Waals surface area contributed by atoms with E-state index in [1.54, 1.807) is 0 Å². The number of piperidine rings is 1. The monoisotopic (exact) mass is 622 g/mol. The van der Waals surface area contributed by atoms with Gasteiger partial charge in [-0.15, -0.1) is 0 Å². The SMILES string of the molecule is O=C1CC2(CCCN(c3nc(OC[C@@]45CCCN4CC(F)C5)nc4c(F)c(-c5cc(O)cc6ccc(F)c(F)c56)ncc34)C2)N1. The quantitative estimate of drug-likeness (QED) is 0.242. The van der Waals surface area contributed by atoms with Crippen molar-refractivity contribution < 1.29 is 32.2 Å². The summed E-state index contributed by atoms with van der Waals surface area (Å²) >= 11 is 0. The fourth-order valence-electron chi connectivity index (χ4n) is 7.87. The van der Waals surface area contributed by atoms with Crippen LogP contribution in [0.5, 0.6) is 11.8 Å². The first-order valence-corrected chi connectivity index (χ1v) is 15.2. The smallest absolute Gasteiger partial charge is 0.319 e. The molecule has 1 amide bonds. The number of nitrogens with zero attached hydrogens (tertiary/aromatic N) is 5. The summed E-state index contributed by atoms with van der Waals surface area (Å²) in [6.07, 6.45) is 4.36. The average molecular weight is 623 g/mol. The summed E-state index contributed by atoms with van der Waals surface area (Å²) in [5, 5.41) is 13.6. The number of phenolic OH excluding ortho intramolecular Hbond substituents is 1. The largest absolute Gasteiger partial charge is 0.508 e. The summed E-state index contributed by atoms with van der Waals surface area (Å²) in [7, 11) is 0. The lowest BCUT2D eigenvalue weighted by molar-refractivity contribution is -0.133. The lowest BCUT2D eigenvalue weighted by Gasteiger charge is -2.49. The fraction of sp³-hybridized carbons (Fsp3) is 0.438. The van der Waals surface area contributed by atoms with Crippen molar-refractivity contribution in [3.63, 3.8) is 0 Å². The number of amides is 1. The summed E-state index contributed by atoms with van der Waals surface area (Å²) in [5.74, 6) is -3.19. The van der Waals surface area contributed by atoms with Gasteiger partial charge in [0.05, 0.1) is 22.9 Å². The summed E-state index contributed by atoms with van der Waals surface area (Å²) in [6.45, 7) is 2.26. The van der Waals surface area contributed by atoms with Crippen LogP contribution in [-0.4, -0.2) is 80.9 Å². The van der Waals surface area contributed by atoms with Crippen molar-refractivity contribution in [2.75, 3.05) is 37.7 Å². The van der Waals surface area contributed by atoms with Crippen molar-refractivity contribution in [1.82, 2.24) is 25.2 Å². The second-order valence-electron chi connectivity index (χ2n) is 12.9. The van der Waals surface area contributed by atoms with E-state index < -0.39 is 34.7 Å². The Hall–Kier alpha value is -4.26. The van der Waals surface area contributed by atoms with Gasteiger partial charge in [0, 0.05) is 43.2 Å². The Morgan fingerprint density at radius 1 is 1.09 bits per heavy atom. The molecule has 9 nitrogen and oxygen atoms in total. The third-order valence-corrected chi connectivity index (χ3v) is 9.90. The van der Waals surface area contributed by atoms with Gasteiger partial charge in [-0.25, -0.2) is 17.6 Å². The van der Waals surface area contributed by atoms with Gasteiger partial charge in [0.25, 0.3) is 0 Å². The number of nitrogens with one attached hydrogen (secondary N) is 1. The minimum atomic E-state index is -1.19. The number of hydrogen-bond donors (Lipinski definition) is 2. The molecule has 0 radical (unpaired) electrons. The van der Waals surface area contributed by atoms with Crippen molar-refractivity contribution in [3.05, 3.63) is 47.9 Å². The van der Waals surface area contributed by atoms with Crippen molar-refractivity contribution >= 4 is 33.4 Å². The molecule has 3 atom stereocenters. The van der Waals surface area contributed by atoms with Crippen molar-refractivity contribution in [3.8, 4) is 23.0 Å². The van der Waals surface area contributed by atoms with Crippen LogP contribution in [0.4, 0.5) is 23.4 Å². The second-order valence-corrected chi connectivity index (χ2v) is 12.9. The highest BCUT2D eigenvalue weighted by Gasteiger charge is 2.50. The Balaban J connectivity index is 1.26. The zero-order valence-corrected chi connectivity index (χ0v) is 24.3. The number of pyridine rings is 1. The van der Waals surface area contributed by atoms with E-state index in [0.29, 0.717) is 38.3 Å². The highest BCUT2D eigenvalue weighted by molar-refractivity contribution is 6.00. The van der Waals surface area contributed by atoms with E-state index >= 15 is 8.78 Å². The Bertz CT molecular complexity index is 1880. The van der Waals surface area contributed by atoms with Gasteiger partial charge in [-0.05, 0) is 55.8 Å². The number of carbonyl (C=O) groups is 1. The number of fused-ring (bicyclic) bond motifs is 3. The average Bonchev–Trinajstić information content (AvgIpc) is 3.53. The van der Waals surface area contributed by atoms with E-state index in [1.165, 1.54) is 18.3 Å². The first kappa shape index (κ1) is 28.2. The fourth-order valence-corrected chi connectivity index (χ4v) is 7.87. The van der Waals surface area contributed by atoms with Crippen molar-refractivity contribution in [2.45, 2.75) is 55.8 Å². The van der Waals surface area contributed by atoms with E-state index in [1.807, 2.05) is 4.90 Å². The molecule has 2 N–H and O–H groups in total. The number of alkyl halides is 1. The molecule has 2 aromatic heterocycles. The van der Waals surface area contributed by atoms with E-state index in [-0.39, 0.29) is 57.2 Å². The number of benzene rings is 2. The molecular weight excluding hydrogens is 592 g/mol. The lowest BCUT2D eigenvalue weighted by Crippen LogP contribution is -2.68. The number of phenols is 1. The predicted octanol–water partition coefficient (Wildman–Crippen LogP) is 4.78. The standard InChI is InChI=1S/C32H30F4N6O3/c33-18-11-32(6-2-8-42(32)14-18)16-45-30-38-28-21(29(39-30)41-7-1-5-31(15-41)12-23(44)40-31)13-37-27(26(28)36)20-10-19(43)9-17-3-4-22(34)25(35)24(17)20/h3-4,9-10,13,18,43H,1-2,5-8,11-12,14-16H2,(H,40,44)/t18?,31?,32-/m0/s1. The molecule has 234 valence electrons. The van der Waals surface area contributed by atoms with Crippen LogP contribution in [0, 0.1) is 17.5 Å². The van der Waals surface area contributed by atoms with Crippen LogP contribution in [-0.2, 0) is 4.79 Å². The minimum absolute atomic E-state index is 0.0316. The zero-order chi connectivity index (χ0) is 31.1. The van der Waals surface area contributed by atoms with Crippen molar-refractivity contribution in [2.24, 2.45) is 0 Å². The molecule has 0 saturated carbocycles. The summed E-state index contributed by atoms with van der Waals surface area (Å²) in [6, 6.07) is 4.52. The van der Waals surface area contributed by atoms with Crippen LogP contribution in [0.1, 0.15) is 38.5 Å². The number of ether oxygens (including phenoxy) is 1. The minimum Gasteiger partial charge on any atom is -0.508 e. The van der Waals surface area contributed by atoms with Gasteiger partial charge in [-0.2, -0.15) is 9.97 Å². The Kier molecular flexibility index (Phi) is 6.35. The Labute approximate surface area is 255 Å². The molecular formula is C32H30F4N6O3. The highest BCUT2D eigenvalue weighted by Crippen LogP contribution is 2.42. The summed E-state index contributed by atoms with van der Waals surface area (Å²) in [5.41, 5.74) is -1.53. The second kappa shape index (κ2) is 10.1. The summed E-state index contributed by atoms with van der Waals surface area (Å²) < 4.78 is 66.6. The highest BCUT2D eigenvalue weighted by atomic mass is 19.2. The number of carbonyl (C=O) groups excluding carboxylic acids is 1. The third kappa shape index (κ3) is 4.53. The molecule has 4 aromatic rings. The molecule has 4 fully saturated rings. The van der Waals surface area contributed by atoms with Crippen LogP contribution in [0.15, 0.2) is 30.5 Å². The molecule has 1 spiro atoms. The maximum absolute atomic E-state index is 16.6. The lowest BCUT2D eigenvalue weighted by atomic mass is 9.80. The molecule has 13 heteroatoms. The van der Waals surface area contributed by atoms with Crippen molar-refractivity contribution in [1.29, 1.82) is 0 Å². The maximum Gasteiger partial charge on any atom is 0.319 e. The summed E-state index contributed by atoms with van der Waals surface area (Å²) in [4.78, 5) is 29.4. The molecule has 4 aliphatic rings.